The van der Waals surface area contributed by atoms with Crippen molar-refractivity contribution >= 4 is 5.91 Å². The Morgan fingerprint density at radius 3 is 2.79 bits per heavy atom. The van der Waals surface area contributed by atoms with Gasteiger partial charge in [-0.05, 0) is 38.6 Å². The van der Waals surface area contributed by atoms with Gasteiger partial charge in [-0.25, -0.2) is 4.98 Å². The van der Waals surface area contributed by atoms with E-state index in [1.54, 1.807) is 6.20 Å². The number of carbonyl (C=O) groups excluding carboxylic acids is 1. The molecule has 2 aromatic rings. The molecule has 0 atom stereocenters. The van der Waals surface area contributed by atoms with E-state index >= 15 is 0 Å². The first kappa shape index (κ1) is 19.1. The molecule has 1 amide bonds. The van der Waals surface area contributed by atoms with Crippen LogP contribution in [-0.2, 0) is 23.3 Å². The maximum atomic E-state index is 12.8. The summed E-state index contributed by atoms with van der Waals surface area (Å²) in [4.78, 5) is 31.8. The van der Waals surface area contributed by atoms with Gasteiger partial charge in [-0.2, -0.15) is 0 Å². The summed E-state index contributed by atoms with van der Waals surface area (Å²) in [5.41, 5.74) is 3.46. The molecule has 28 heavy (non-hydrogen) atoms. The molecule has 1 saturated heterocycles. The fraction of sp³-hybridized carbons (Fsp3) is 0.571. The van der Waals surface area contributed by atoms with Crippen molar-refractivity contribution in [1.82, 2.24) is 29.7 Å². The van der Waals surface area contributed by atoms with Gasteiger partial charge < -0.3 is 9.88 Å². The number of pyridine rings is 1. The van der Waals surface area contributed by atoms with Crippen molar-refractivity contribution in [2.75, 3.05) is 39.8 Å². The number of hydrogen-bond acceptors (Lipinski definition) is 5. The minimum atomic E-state index is -0.0149. The van der Waals surface area contributed by atoms with E-state index in [4.69, 9.17) is 0 Å². The van der Waals surface area contributed by atoms with Crippen LogP contribution < -0.4 is 0 Å². The fourth-order valence-electron chi connectivity index (χ4n) is 4.82. The van der Waals surface area contributed by atoms with Crippen LogP contribution in [0, 0.1) is 0 Å². The number of aromatic nitrogens is 3. The molecule has 150 valence electrons. The number of H-pyrrole nitrogens is 1. The average molecular weight is 383 g/mol. The van der Waals surface area contributed by atoms with Crippen molar-refractivity contribution in [1.29, 1.82) is 0 Å². The number of likely N-dealkylation sites (N-methyl/N-ethyl adjacent to an activating group) is 2. The number of imidazole rings is 1. The highest BCUT2D eigenvalue weighted by molar-refractivity contribution is 5.78. The highest BCUT2D eigenvalue weighted by Gasteiger charge is 2.46. The molecule has 1 spiro atoms. The Kier molecular flexibility index (Phi) is 5.46. The first-order chi connectivity index (χ1) is 13.6. The van der Waals surface area contributed by atoms with Crippen LogP contribution >= 0.6 is 0 Å². The van der Waals surface area contributed by atoms with E-state index in [-0.39, 0.29) is 11.4 Å². The number of piperidine rings is 1. The van der Waals surface area contributed by atoms with Crippen molar-refractivity contribution in [3.8, 4) is 0 Å². The third kappa shape index (κ3) is 3.56. The molecule has 7 heteroatoms. The highest BCUT2D eigenvalue weighted by Crippen LogP contribution is 2.41. The van der Waals surface area contributed by atoms with Crippen LogP contribution in [0.4, 0.5) is 0 Å². The number of fused-ring (bicyclic) bond motifs is 2. The third-order valence-electron chi connectivity index (χ3n) is 6.28. The molecule has 0 radical (unpaired) electrons. The predicted octanol–water partition coefficient (Wildman–Crippen LogP) is 1.63. The monoisotopic (exact) mass is 382 g/mol. The molecule has 1 N–H and O–H groups in total. The second-order valence-corrected chi connectivity index (χ2v) is 7.97. The molecule has 7 nitrogen and oxygen atoms in total. The number of hydrogen-bond donors (Lipinski definition) is 1. The Labute approximate surface area is 166 Å². The number of carbonyl (C=O) groups is 1. The molecule has 2 aliphatic heterocycles. The van der Waals surface area contributed by atoms with Crippen LogP contribution in [0.25, 0.3) is 0 Å². The van der Waals surface area contributed by atoms with Crippen molar-refractivity contribution < 1.29 is 4.79 Å². The van der Waals surface area contributed by atoms with Gasteiger partial charge in [0, 0.05) is 44.5 Å². The largest absolute Gasteiger partial charge is 0.348 e. The fourth-order valence-corrected chi connectivity index (χ4v) is 4.82. The van der Waals surface area contributed by atoms with Gasteiger partial charge in [-0.15, -0.1) is 0 Å². The number of aromatic amines is 1. The van der Waals surface area contributed by atoms with Crippen LogP contribution in [0.5, 0.6) is 0 Å². The molecule has 0 unspecified atom stereocenters. The SMILES string of the molecule is CCN1CCc2[nH]cnc2C12CCN(C(=O)CN(C)Cc1ccccn1)CC2. The molecule has 0 aliphatic carbocycles. The Hall–Kier alpha value is -2.25. The quantitative estimate of drug-likeness (QED) is 0.851. The molecule has 0 aromatic carbocycles. The van der Waals surface area contributed by atoms with Gasteiger partial charge >= 0.3 is 0 Å². The normalized spacial score (nSPS) is 19.2. The summed E-state index contributed by atoms with van der Waals surface area (Å²) < 4.78 is 0. The van der Waals surface area contributed by atoms with Crippen molar-refractivity contribution in [2.45, 2.75) is 38.3 Å². The summed E-state index contributed by atoms with van der Waals surface area (Å²) in [7, 11) is 1.98. The topological polar surface area (TPSA) is 68.4 Å². The van der Waals surface area contributed by atoms with E-state index in [0.29, 0.717) is 13.1 Å². The molecule has 4 rings (SSSR count). The number of nitrogens with one attached hydrogen (secondary N) is 1. The van der Waals surface area contributed by atoms with Gasteiger partial charge in [0.1, 0.15) is 0 Å². The molecule has 4 heterocycles. The lowest BCUT2D eigenvalue weighted by molar-refractivity contribution is -0.135. The Balaban J connectivity index is 1.38. The van der Waals surface area contributed by atoms with E-state index in [9.17, 15) is 4.79 Å². The summed E-state index contributed by atoms with van der Waals surface area (Å²) >= 11 is 0. The molecule has 2 aliphatic rings. The molecular weight excluding hydrogens is 352 g/mol. The number of amides is 1. The maximum absolute atomic E-state index is 12.8. The summed E-state index contributed by atoms with van der Waals surface area (Å²) in [6.45, 7) is 7.00. The number of rotatable bonds is 5. The lowest BCUT2D eigenvalue weighted by atomic mass is 9.78. The van der Waals surface area contributed by atoms with Crippen LogP contribution in [0.2, 0.25) is 0 Å². The summed E-state index contributed by atoms with van der Waals surface area (Å²) in [6.07, 6.45) is 6.56. The maximum Gasteiger partial charge on any atom is 0.236 e. The van der Waals surface area contributed by atoms with Crippen molar-refractivity contribution in [2.24, 2.45) is 0 Å². The van der Waals surface area contributed by atoms with E-state index < -0.39 is 0 Å². The van der Waals surface area contributed by atoms with E-state index in [0.717, 1.165) is 51.1 Å². The summed E-state index contributed by atoms with van der Waals surface area (Å²) in [5.74, 6) is 0.203. The van der Waals surface area contributed by atoms with Gasteiger partial charge in [0.25, 0.3) is 0 Å². The minimum Gasteiger partial charge on any atom is -0.348 e. The first-order valence-corrected chi connectivity index (χ1v) is 10.3. The summed E-state index contributed by atoms with van der Waals surface area (Å²) in [5, 5.41) is 0. The van der Waals surface area contributed by atoms with Crippen molar-refractivity contribution in [3.63, 3.8) is 0 Å². The van der Waals surface area contributed by atoms with Gasteiger partial charge in [0.2, 0.25) is 5.91 Å². The summed E-state index contributed by atoms with van der Waals surface area (Å²) in [6, 6.07) is 5.89. The Bertz CT molecular complexity index is 796. The predicted molar refractivity (Wildman–Crippen MR) is 108 cm³/mol. The van der Waals surface area contributed by atoms with Crippen LogP contribution in [0.15, 0.2) is 30.7 Å². The highest BCUT2D eigenvalue weighted by atomic mass is 16.2. The van der Waals surface area contributed by atoms with Crippen molar-refractivity contribution in [3.05, 3.63) is 47.8 Å². The van der Waals surface area contributed by atoms with Gasteiger partial charge in [0.15, 0.2) is 0 Å². The number of nitrogens with zero attached hydrogens (tertiary/aromatic N) is 5. The van der Waals surface area contributed by atoms with Gasteiger partial charge in [-0.3, -0.25) is 19.6 Å². The second-order valence-electron chi connectivity index (χ2n) is 7.97. The second kappa shape index (κ2) is 8.01. The zero-order chi connectivity index (χ0) is 19.6. The molecule has 0 saturated carbocycles. The number of likely N-dealkylation sites (tertiary alicyclic amines) is 1. The zero-order valence-corrected chi connectivity index (χ0v) is 16.9. The smallest absolute Gasteiger partial charge is 0.236 e. The van der Waals surface area contributed by atoms with E-state index in [1.807, 2.05) is 41.4 Å². The zero-order valence-electron chi connectivity index (χ0n) is 16.9. The van der Waals surface area contributed by atoms with E-state index in [2.05, 4.69) is 26.8 Å². The van der Waals surface area contributed by atoms with Crippen LogP contribution in [-0.4, -0.2) is 75.3 Å². The van der Waals surface area contributed by atoms with Gasteiger partial charge in [-0.1, -0.05) is 13.0 Å². The molecule has 1 fully saturated rings. The Morgan fingerprint density at radius 2 is 2.07 bits per heavy atom. The van der Waals surface area contributed by atoms with Gasteiger partial charge in [0.05, 0.1) is 29.8 Å². The molecular formula is C21H30N6O. The standard InChI is InChI=1S/C21H30N6O/c1-3-27-11-7-18-20(24-16-23-18)21(27)8-12-26(13-9-21)19(28)15-25(2)14-17-6-4-5-10-22-17/h4-6,10,16H,3,7-9,11-15H2,1-2H3,(H,23,24). The molecule has 0 bridgehead atoms. The lowest BCUT2D eigenvalue weighted by Gasteiger charge is -2.50. The first-order valence-electron chi connectivity index (χ1n) is 10.3. The van der Waals surface area contributed by atoms with E-state index in [1.165, 1.54) is 11.4 Å². The Morgan fingerprint density at radius 1 is 1.25 bits per heavy atom. The molecule has 2 aromatic heterocycles. The average Bonchev–Trinajstić information content (AvgIpc) is 3.19. The van der Waals surface area contributed by atoms with Crippen LogP contribution in [0.3, 0.4) is 0 Å². The van der Waals surface area contributed by atoms with Crippen LogP contribution in [0.1, 0.15) is 36.8 Å². The third-order valence-corrected chi connectivity index (χ3v) is 6.28. The minimum absolute atomic E-state index is 0.0149. The lowest BCUT2D eigenvalue weighted by Crippen LogP contribution is -2.57.